The minimum atomic E-state index is -0.895. The molecule has 6 nitrogen and oxygen atoms in total. The van der Waals surface area contributed by atoms with E-state index in [4.69, 9.17) is 9.84 Å². The fraction of sp³-hybridized carbons (Fsp3) is 0.583. The van der Waals surface area contributed by atoms with E-state index in [2.05, 4.69) is 15.3 Å². The molecule has 0 amide bonds. The fourth-order valence-corrected chi connectivity index (χ4v) is 1.48. The molecule has 0 spiro atoms. The summed E-state index contributed by atoms with van der Waals surface area (Å²) in [5.74, 6) is -0.0996. The van der Waals surface area contributed by atoms with Gasteiger partial charge in [-0.3, -0.25) is 4.98 Å². The quantitative estimate of drug-likeness (QED) is 0.770. The summed E-state index contributed by atoms with van der Waals surface area (Å²) in [6, 6.07) is -0.679. The molecule has 0 fully saturated rings. The van der Waals surface area contributed by atoms with Crippen LogP contribution >= 0.6 is 0 Å². The Morgan fingerprint density at radius 2 is 2.22 bits per heavy atom. The van der Waals surface area contributed by atoms with Gasteiger partial charge in [0, 0.05) is 0 Å². The van der Waals surface area contributed by atoms with Crippen LogP contribution in [0.4, 0.5) is 5.82 Å². The first-order chi connectivity index (χ1) is 8.58. The summed E-state index contributed by atoms with van der Waals surface area (Å²) in [6.07, 6.45) is 3.75. The molecular weight excluding hydrogens is 234 g/mol. The van der Waals surface area contributed by atoms with Crippen LogP contribution in [0.15, 0.2) is 12.4 Å². The van der Waals surface area contributed by atoms with Gasteiger partial charge >= 0.3 is 5.97 Å². The minimum Gasteiger partial charge on any atom is -0.480 e. The number of carboxylic acids is 1. The number of carboxylic acid groups (broad SMARTS) is 1. The van der Waals surface area contributed by atoms with Gasteiger partial charge in [0.05, 0.1) is 19.0 Å². The van der Waals surface area contributed by atoms with Crippen molar-refractivity contribution < 1.29 is 14.6 Å². The van der Waals surface area contributed by atoms with Crippen LogP contribution in [0.25, 0.3) is 0 Å². The van der Waals surface area contributed by atoms with Gasteiger partial charge in [0.25, 0.3) is 0 Å². The number of nitrogens with zero attached hydrogens (tertiary/aromatic N) is 2. The highest BCUT2D eigenvalue weighted by Crippen LogP contribution is 2.15. The van der Waals surface area contributed by atoms with E-state index >= 15 is 0 Å². The maximum atomic E-state index is 11.2. The molecule has 0 aromatic carbocycles. The van der Waals surface area contributed by atoms with Gasteiger partial charge in [-0.2, -0.15) is 4.98 Å². The third-order valence-electron chi connectivity index (χ3n) is 2.69. The predicted molar refractivity (Wildman–Crippen MR) is 67.7 cm³/mol. The molecule has 1 heterocycles. The number of rotatable bonds is 7. The van der Waals surface area contributed by atoms with Crippen molar-refractivity contribution in [2.45, 2.75) is 33.2 Å². The summed E-state index contributed by atoms with van der Waals surface area (Å²) in [5.41, 5.74) is 0. The van der Waals surface area contributed by atoms with Gasteiger partial charge < -0.3 is 15.2 Å². The van der Waals surface area contributed by atoms with E-state index < -0.39 is 12.0 Å². The Labute approximate surface area is 106 Å². The van der Waals surface area contributed by atoms with Crippen LogP contribution < -0.4 is 10.1 Å². The molecule has 0 unspecified atom stereocenters. The first kappa shape index (κ1) is 14.2. The van der Waals surface area contributed by atoms with E-state index in [1.54, 1.807) is 0 Å². The van der Waals surface area contributed by atoms with Crippen LogP contribution in [-0.4, -0.2) is 33.7 Å². The number of hydrogen-bond acceptors (Lipinski definition) is 5. The van der Waals surface area contributed by atoms with Crippen molar-refractivity contribution >= 4 is 11.8 Å². The average molecular weight is 253 g/mol. The summed E-state index contributed by atoms with van der Waals surface area (Å²) in [4.78, 5) is 19.3. The molecule has 0 radical (unpaired) electrons. The monoisotopic (exact) mass is 253 g/mol. The Kier molecular flexibility index (Phi) is 5.35. The number of nitrogens with one attached hydrogen (secondary N) is 1. The zero-order chi connectivity index (χ0) is 13.5. The van der Waals surface area contributed by atoms with Crippen LogP contribution in [0.1, 0.15) is 27.2 Å². The highest BCUT2D eigenvalue weighted by Gasteiger charge is 2.23. The second kappa shape index (κ2) is 6.78. The van der Waals surface area contributed by atoms with Gasteiger partial charge in [-0.15, -0.1) is 0 Å². The van der Waals surface area contributed by atoms with E-state index in [1.807, 2.05) is 20.8 Å². The van der Waals surface area contributed by atoms with Crippen LogP contribution in [0.3, 0.4) is 0 Å². The van der Waals surface area contributed by atoms with Gasteiger partial charge in [0.2, 0.25) is 5.88 Å². The van der Waals surface area contributed by atoms with Crippen LogP contribution in [-0.2, 0) is 4.79 Å². The number of ether oxygens (including phenoxy) is 1. The molecule has 100 valence electrons. The van der Waals surface area contributed by atoms with Crippen molar-refractivity contribution in [1.82, 2.24) is 9.97 Å². The third-order valence-corrected chi connectivity index (χ3v) is 2.69. The molecule has 1 aromatic heterocycles. The molecule has 0 aliphatic rings. The maximum Gasteiger partial charge on any atom is 0.326 e. The third kappa shape index (κ3) is 3.87. The highest BCUT2D eigenvalue weighted by molar-refractivity contribution is 5.77. The Morgan fingerprint density at radius 1 is 1.50 bits per heavy atom. The molecule has 0 aliphatic carbocycles. The normalized spacial score (nSPS) is 13.7. The van der Waals surface area contributed by atoms with Crippen molar-refractivity contribution in [1.29, 1.82) is 0 Å². The first-order valence-electron chi connectivity index (χ1n) is 6.02. The molecule has 0 saturated heterocycles. The summed E-state index contributed by atoms with van der Waals surface area (Å²) in [5, 5.41) is 12.0. The van der Waals surface area contributed by atoms with Gasteiger partial charge in [-0.05, 0) is 12.8 Å². The zero-order valence-electron chi connectivity index (χ0n) is 10.9. The van der Waals surface area contributed by atoms with Crippen molar-refractivity contribution in [3.8, 4) is 5.88 Å². The van der Waals surface area contributed by atoms with Crippen molar-refractivity contribution in [2.75, 3.05) is 11.9 Å². The standard InChI is InChI=1S/C12H19N3O3/c1-4-8(3)11(12(16)17)15-9-6-13-7-10(14-9)18-5-2/h6-8,11H,4-5H2,1-3H3,(H,14,15)(H,16,17)/t8-,11-/m0/s1. The van der Waals surface area contributed by atoms with Crippen molar-refractivity contribution in [3.63, 3.8) is 0 Å². The van der Waals surface area contributed by atoms with Crippen molar-refractivity contribution in [3.05, 3.63) is 12.4 Å². The second-order valence-electron chi connectivity index (χ2n) is 4.02. The topological polar surface area (TPSA) is 84.3 Å². The number of aromatic nitrogens is 2. The van der Waals surface area contributed by atoms with Gasteiger partial charge in [-0.25, -0.2) is 4.79 Å². The fourth-order valence-electron chi connectivity index (χ4n) is 1.48. The summed E-state index contributed by atoms with van der Waals surface area (Å²) < 4.78 is 5.21. The number of anilines is 1. The van der Waals surface area contributed by atoms with Gasteiger partial charge in [-0.1, -0.05) is 20.3 Å². The SMILES string of the molecule is CCOc1cncc(N[C@H](C(=O)O)[C@@H](C)CC)n1. The molecule has 0 aliphatic heterocycles. The molecule has 1 aromatic rings. The maximum absolute atomic E-state index is 11.2. The largest absolute Gasteiger partial charge is 0.480 e. The molecule has 6 heteroatoms. The Hall–Kier alpha value is -1.85. The molecule has 0 saturated carbocycles. The van der Waals surface area contributed by atoms with Crippen LogP contribution in [0, 0.1) is 5.92 Å². The summed E-state index contributed by atoms with van der Waals surface area (Å²) in [6.45, 7) is 6.17. The lowest BCUT2D eigenvalue weighted by molar-refractivity contribution is -0.139. The van der Waals surface area contributed by atoms with E-state index in [0.29, 0.717) is 18.3 Å². The summed E-state index contributed by atoms with van der Waals surface area (Å²) >= 11 is 0. The molecule has 2 N–H and O–H groups in total. The van der Waals surface area contributed by atoms with E-state index in [1.165, 1.54) is 12.4 Å². The number of aliphatic carboxylic acids is 1. The lowest BCUT2D eigenvalue weighted by Crippen LogP contribution is -2.35. The summed E-state index contributed by atoms with van der Waals surface area (Å²) in [7, 11) is 0. The molecule has 0 bridgehead atoms. The number of carbonyl (C=O) groups is 1. The van der Waals surface area contributed by atoms with Crippen LogP contribution in [0.2, 0.25) is 0 Å². The average Bonchev–Trinajstić information content (AvgIpc) is 2.35. The van der Waals surface area contributed by atoms with E-state index in [-0.39, 0.29) is 5.92 Å². The lowest BCUT2D eigenvalue weighted by atomic mass is 9.99. The zero-order valence-corrected chi connectivity index (χ0v) is 10.9. The molecular formula is C12H19N3O3. The highest BCUT2D eigenvalue weighted by atomic mass is 16.5. The van der Waals surface area contributed by atoms with E-state index in [9.17, 15) is 4.79 Å². The molecule has 1 rings (SSSR count). The Balaban J connectivity index is 2.80. The van der Waals surface area contributed by atoms with Crippen LogP contribution in [0.5, 0.6) is 5.88 Å². The minimum absolute atomic E-state index is 0.0000460. The Bertz CT molecular complexity index is 398. The second-order valence-corrected chi connectivity index (χ2v) is 4.02. The molecule has 18 heavy (non-hydrogen) atoms. The van der Waals surface area contributed by atoms with E-state index in [0.717, 1.165) is 6.42 Å². The van der Waals surface area contributed by atoms with Gasteiger partial charge in [0.15, 0.2) is 0 Å². The van der Waals surface area contributed by atoms with Gasteiger partial charge in [0.1, 0.15) is 11.9 Å². The first-order valence-corrected chi connectivity index (χ1v) is 6.02. The predicted octanol–water partition coefficient (Wildman–Crippen LogP) is 1.79. The number of hydrogen-bond donors (Lipinski definition) is 2. The smallest absolute Gasteiger partial charge is 0.326 e. The molecule has 2 atom stereocenters. The lowest BCUT2D eigenvalue weighted by Gasteiger charge is -2.20. The Morgan fingerprint density at radius 3 is 2.78 bits per heavy atom. The van der Waals surface area contributed by atoms with Crippen molar-refractivity contribution in [2.24, 2.45) is 5.92 Å².